The molecule has 1 aliphatic rings. The van der Waals surface area contributed by atoms with Crippen LogP contribution in [0.3, 0.4) is 0 Å². The van der Waals surface area contributed by atoms with E-state index in [-0.39, 0.29) is 23.3 Å². The lowest BCUT2D eigenvalue weighted by Crippen LogP contribution is -2.41. The van der Waals surface area contributed by atoms with Crippen LogP contribution in [0, 0.1) is 5.82 Å². The smallest absolute Gasteiger partial charge is 0.324 e. The van der Waals surface area contributed by atoms with Crippen molar-refractivity contribution in [3.05, 3.63) is 82.3 Å². The van der Waals surface area contributed by atoms with Gasteiger partial charge in [0, 0.05) is 25.6 Å². The van der Waals surface area contributed by atoms with E-state index in [1.165, 1.54) is 10.7 Å². The minimum atomic E-state index is -0.457. The highest BCUT2D eigenvalue weighted by atomic mass is 19.1. The summed E-state index contributed by atoms with van der Waals surface area (Å²) in [4.78, 5) is 27.0. The number of para-hydroxylation sites is 1. The van der Waals surface area contributed by atoms with Crippen molar-refractivity contribution in [3.8, 4) is 0 Å². The van der Waals surface area contributed by atoms with E-state index in [0.29, 0.717) is 39.0 Å². The van der Waals surface area contributed by atoms with Crippen LogP contribution in [0.1, 0.15) is 37.1 Å². The average molecular weight is 423 g/mol. The maximum atomic E-state index is 13.8. The molecule has 31 heavy (non-hydrogen) atoms. The third-order valence-electron chi connectivity index (χ3n) is 5.71. The summed E-state index contributed by atoms with van der Waals surface area (Å²) in [5, 5.41) is 7.28. The lowest BCUT2D eigenvalue weighted by atomic mass is 9.96. The summed E-state index contributed by atoms with van der Waals surface area (Å²) in [5.74, 6) is 0.418. The van der Waals surface area contributed by atoms with Gasteiger partial charge in [-0.25, -0.2) is 18.7 Å². The second kappa shape index (κ2) is 9.16. The molecule has 1 saturated heterocycles. The van der Waals surface area contributed by atoms with Crippen LogP contribution in [-0.2, 0) is 13.1 Å². The van der Waals surface area contributed by atoms with E-state index in [1.807, 2.05) is 37.3 Å². The third-order valence-corrected chi connectivity index (χ3v) is 5.71. The van der Waals surface area contributed by atoms with Gasteiger partial charge in [-0.3, -0.25) is 4.57 Å². The third kappa shape index (κ3) is 4.52. The molecular weight excluding hydrogens is 397 g/mol. The van der Waals surface area contributed by atoms with Gasteiger partial charge < -0.3 is 10.2 Å². The molecular formula is C23H26FN5O2. The summed E-state index contributed by atoms with van der Waals surface area (Å²) in [6, 6.07) is 15.6. The number of hydrogen-bond donors (Lipinski definition) is 1. The minimum Gasteiger partial charge on any atom is -0.324 e. The van der Waals surface area contributed by atoms with Crippen LogP contribution in [0.15, 0.2) is 59.4 Å². The second-order valence-corrected chi connectivity index (χ2v) is 7.70. The first-order valence-corrected chi connectivity index (χ1v) is 10.6. The number of nitrogens with one attached hydrogen (secondary N) is 1. The van der Waals surface area contributed by atoms with Gasteiger partial charge in [-0.1, -0.05) is 42.5 Å². The molecule has 0 aliphatic carbocycles. The predicted molar refractivity (Wildman–Crippen MR) is 117 cm³/mol. The first kappa shape index (κ1) is 20.8. The van der Waals surface area contributed by atoms with Gasteiger partial charge in [-0.15, -0.1) is 0 Å². The standard InChI is InChI=1S/C23H26FN5O2/c1-2-28-21(26-29(23(28)31)16-17-8-4-3-5-9-17)18-12-14-27(15-13-18)22(30)25-20-11-7-6-10-19(20)24/h3-11,18H,2,12-16H2,1H3,(H,25,30). The van der Waals surface area contributed by atoms with Crippen molar-refractivity contribution in [3.63, 3.8) is 0 Å². The molecule has 0 unspecified atom stereocenters. The lowest BCUT2D eigenvalue weighted by Gasteiger charge is -2.31. The monoisotopic (exact) mass is 423 g/mol. The van der Waals surface area contributed by atoms with Crippen LogP contribution in [0.2, 0.25) is 0 Å². The van der Waals surface area contributed by atoms with Crippen molar-refractivity contribution in [1.82, 2.24) is 19.2 Å². The lowest BCUT2D eigenvalue weighted by molar-refractivity contribution is 0.192. The zero-order valence-corrected chi connectivity index (χ0v) is 17.5. The van der Waals surface area contributed by atoms with Gasteiger partial charge >= 0.3 is 11.7 Å². The zero-order valence-electron chi connectivity index (χ0n) is 17.5. The Balaban J connectivity index is 1.43. The van der Waals surface area contributed by atoms with Crippen molar-refractivity contribution in [1.29, 1.82) is 0 Å². The van der Waals surface area contributed by atoms with E-state index in [9.17, 15) is 14.0 Å². The number of anilines is 1. The quantitative estimate of drug-likeness (QED) is 0.681. The molecule has 1 aromatic heterocycles. The Morgan fingerprint density at radius 3 is 2.45 bits per heavy atom. The van der Waals surface area contributed by atoms with E-state index < -0.39 is 5.82 Å². The van der Waals surface area contributed by atoms with Crippen LogP contribution >= 0.6 is 0 Å². The molecule has 1 N–H and O–H groups in total. The van der Waals surface area contributed by atoms with E-state index in [1.54, 1.807) is 27.7 Å². The minimum absolute atomic E-state index is 0.0992. The summed E-state index contributed by atoms with van der Waals surface area (Å²) in [6.07, 6.45) is 1.40. The molecule has 0 radical (unpaired) electrons. The van der Waals surface area contributed by atoms with Crippen LogP contribution in [0.4, 0.5) is 14.9 Å². The number of carbonyl (C=O) groups is 1. The highest BCUT2D eigenvalue weighted by Gasteiger charge is 2.28. The fourth-order valence-corrected chi connectivity index (χ4v) is 4.01. The Morgan fingerprint density at radius 1 is 1.10 bits per heavy atom. The van der Waals surface area contributed by atoms with Crippen molar-refractivity contribution in [2.45, 2.75) is 38.8 Å². The largest absolute Gasteiger partial charge is 0.346 e. The molecule has 0 saturated carbocycles. The molecule has 8 heteroatoms. The molecule has 2 amide bonds. The van der Waals surface area contributed by atoms with E-state index >= 15 is 0 Å². The number of carbonyl (C=O) groups excluding carboxylic acids is 1. The molecule has 2 aromatic carbocycles. The van der Waals surface area contributed by atoms with Crippen LogP contribution in [-0.4, -0.2) is 38.4 Å². The summed E-state index contributed by atoms with van der Waals surface area (Å²) >= 11 is 0. The summed E-state index contributed by atoms with van der Waals surface area (Å²) in [6.45, 7) is 3.97. The Hall–Kier alpha value is -3.42. The average Bonchev–Trinajstić information content (AvgIpc) is 3.11. The number of hydrogen-bond acceptors (Lipinski definition) is 3. The number of nitrogens with zero attached hydrogens (tertiary/aromatic N) is 4. The van der Waals surface area contributed by atoms with Crippen LogP contribution in [0.25, 0.3) is 0 Å². The summed E-state index contributed by atoms with van der Waals surface area (Å²) < 4.78 is 17.0. The Bertz CT molecular complexity index is 1100. The molecule has 1 aliphatic heterocycles. The molecule has 1 fully saturated rings. The second-order valence-electron chi connectivity index (χ2n) is 7.70. The Kier molecular flexibility index (Phi) is 6.16. The molecule has 0 atom stereocenters. The molecule has 2 heterocycles. The van der Waals surface area contributed by atoms with Gasteiger partial charge in [0.2, 0.25) is 0 Å². The van der Waals surface area contributed by atoms with Gasteiger partial charge in [0.05, 0.1) is 12.2 Å². The van der Waals surface area contributed by atoms with Crippen molar-refractivity contribution in [2.24, 2.45) is 0 Å². The van der Waals surface area contributed by atoms with Gasteiger partial charge in [0.25, 0.3) is 0 Å². The number of amides is 2. The van der Waals surface area contributed by atoms with Crippen LogP contribution in [0.5, 0.6) is 0 Å². The van der Waals surface area contributed by atoms with E-state index in [2.05, 4.69) is 10.4 Å². The zero-order chi connectivity index (χ0) is 21.8. The first-order chi connectivity index (χ1) is 15.1. The highest BCUT2D eigenvalue weighted by molar-refractivity contribution is 5.89. The molecule has 7 nitrogen and oxygen atoms in total. The van der Waals surface area contributed by atoms with Crippen molar-refractivity contribution in [2.75, 3.05) is 18.4 Å². The summed E-state index contributed by atoms with van der Waals surface area (Å²) in [5.41, 5.74) is 1.09. The Labute approximate surface area is 180 Å². The molecule has 0 spiro atoms. The maximum absolute atomic E-state index is 13.8. The number of rotatable bonds is 5. The number of halogens is 1. The number of likely N-dealkylation sites (tertiary alicyclic amines) is 1. The van der Waals surface area contributed by atoms with E-state index in [0.717, 1.165) is 11.4 Å². The van der Waals surface area contributed by atoms with Gasteiger partial charge in [0.15, 0.2) is 0 Å². The number of aromatic nitrogens is 3. The summed E-state index contributed by atoms with van der Waals surface area (Å²) in [7, 11) is 0. The molecule has 4 rings (SSSR count). The normalized spacial score (nSPS) is 14.6. The SMILES string of the molecule is CCn1c(C2CCN(C(=O)Nc3ccccc3F)CC2)nn(Cc2ccccc2)c1=O. The molecule has 0 bridgehead atoms. The number of piperidine rings is 1. The van der Waals surface area contributed by atoms with Gasteiger partial charge in [0.1, 0.15) is 11.6 Å². The Morgan fingerprint density at radius 2 is 1.77 bits per heavy atom. The van der Waals surface area contributed by atoms with Crippen molar-refractivity contribution < 1.29 is 9.18 Å². The molecule has 162 valence electrons. The fourth-order valence-electron chi connectivity index (χ4n) is 4.01. The number of urea groups is 1. The van der Waals surface area contributed by atoms with Gasteiger partial charge in [-0.05, 0) is 37.5 Å². The maximum Gasteiger partial charge on any atom is 0.346 e. The highest BCUT2D eigenvalue weighted by Crippen LogP contribution is 2.27. The van der Waals surface area contributed by atoms with E-state index in [4.69, 9.17) is 0 Å². The molecule has 3 aromatic rings. The number of benzene rings is 2. The predicted octanol–water partition coefficient (Wildman–Crippen LogP) is 3.66. The van der Waals surface area contributed by atoms with Gasteiger partial charge in [-0.2, -0.15) is 5.10 Å². The first-order valence-electron chi connectivity index (χ1n) is 10.6. The fraction of sp³-hybridized carbons (Fsp3) is 0.348. The van der Waals surface area contributed by atoms with Crippen LogP contribution < -0.4 is 11.0 Å². The van der Waals surface area contributed by atoms with Crippen molar-refractivity contribution >= 4 is 11.7 Å². The topological polar surface area (TPSA) is 72.2 Å².